The van der Waals surface area contributed by atoms with E-state index < -0.39 is 17.6 Å². The van der Waals surface area contributed by atoms with Gasteiger partial charge in [0.25, 0.3) is 5.91 Å². The van der Waals surface area contributed by atoms with Gasteiger partial charge in [-0.15, -0.1) is 0 Å². The second kappa shape index (κ2) is 6.97. The number of nitrogens with one attached hydrogen (secondary N) is 2. The van der Waals surface area contributed by atoms with E-state index in [1.807, 2.05) is 0 Å². The Morgan fingerprint density at radius 1 is 1.00 bits per heavy atom. The zero-order valence-corrected chi connectivity index (χ0v) is 13.0. The van der Waals surface area contributed by atoms with Crippen molar-refractivity contribution in [3.05, 3.63) is 64.7 Å². The third-order valence-electron chi connectivity index (χ3n) is 2.80. The summed E-state index contributed by atoms with van der Waals surface area (Å²) in [6.45, 7) is 0. The lowest BCUT2D eigenvalue weighted by Crippen LogP contribution is -2.34. The summed E-state index contributed by atoms with van der Waals surface area (Å²) in [4.78, 5) is 11.9. The van der Waals surface area contributed by atoms with Gasteiger partial charge in [-0.05, 0) is 60.7 Å². The van der Waals surface area contributed by atoms with Crippen molar-refractivity contribution >= 4 is 40.5 Å². The van der Waals surface area contributed by atoms with Gasteiger partial charge in [0.15, 0.2) is 5.11 Å². The zero-order valence-electron chi connectivity index (χ0n) is 11.4. The van der Waals surface area contributed by atoms with Crippen LogP contribution in [0.25, 0.3) is 0 Å². The van der Waals surface area contributed by atoms with Crippen LogP contribution >= 0.6 is 23.8 Å². The van der Waals surface area contributed by atoms with Crippen molar-refractivity contribution < 1.29 is 18.0 Å². The highest BCUT2D eigenvalue weighted by molar-refractivity contribution is 7.80. The lowest BCUT2D eigenvalue weighted by molar-refractivity contribution is -0.137. The van der Waals surface area contributed by atoms with E-state index in [0.717, 1.165) is 12.1 Å². The first kappa shape index (κ1) is 17.2. The molecule has 0 aliphatic carbocycles. The number of rotatable bonds is 2. The highest BCUT2D eigenvalue weighted by Gasteiger charge is 2.29. The van der Waals surface area contributed by atoms with Crippen molar-refractivity contribution in [2.24, 2.45) is 0 Å². The maximum atomic E-state index is 12.5. The number of carbonyl (C=O) groups is 1. The van der Waals surface area contributed by atoms with E-state index in [1.54, 1.807) is 12.1 Å². The fourth-order valence-corrected chi connectivity index (χ4v) is 2.02. The number of halogens is 4. The maximum absolute atomic E-state index is 12.5. The molecule has 23 heavy (non-hydrogen) atoms. The largest absolute Gasteiger partial charge is 0.416 e. The van der Waals surface area contributed by atoms with E-state index in [9.17, 15) is 18.0 Å². The first-order valence-corrected chi connectivity index (χ1v) is 7.09. The van der Waals surface area contributed by atoms with Gasteiger partial charge in [-0.25, -0.2) is 0 Å². The van der Waals surface area contributed by atoms with Crippen LogP contribution in [0.5, 0.6) is 0 Å². The Kier molecular flexibility index (Phi) is 5.23. The van der Waals surface area contributed by atoms with Gasteiger partial charge in [-0.2, -0.15) is 13.2 Å². The molecule has 0 saturated heterocycles. The van der Waals surface area contributed by atoms with Crippen LogP contribution < -0.4 is 10.6 Å². The molecule has 0 aliphatic rings. The highest BCUT2D eigenvalue weighted by Crippen LogP contribution is 2.29. The molecule has 3 nitrogen and oxygen atoms in total. The summed E-state index contributed by atoms with van der Waals surface area (Å²) in [5.41, 5.74) is -0.0791. The lowest BCUT2D eigenvalue weighted by Gasteiger charge is -2.11. The second-order valence-electron chi connectivity index (χ2n) is 4.49. The number of hydrogen-bond donors (Lipinski definition) is 2. The molecule has 0 saturated carbocycles. The molecule has 0 atom stereocenters. The third kappa shape index (κ3) is 4.94. The van der Waals surface area contributed by atoms with Gasteiger partial charge in [0.05, 0.1) is 5.56 Å². The molecule has 2 aromatic carbocycles. The summed E-state index contributed by atoms with van der Waals surface area (Å²) in [7, 11) is 0. The van der Waals surface area contributed by atoms with E-state index in [0.29, 0.717) is 16.3 Å². The fourth-order valence-electron chi connectivity index (χ4n) is 1.68. The Labute approximate surface area is 140 Å². The standard InChI is InChI=1S/C15H10ClF3N2OS/c16-11-5-1-9(2-6-11)13(22)21-14(23)20-12-7-3-10(4-8-12)15(17,18)19/h1-8H,(H2,20,21,22,23). The molecule has 0 spiro atoms. The van der Waals surface area contributed by atoms with Crippen LogP contribution in [0.15, 0.2) is 48.5 Å². The van der Waals surface area contributed by atoms with Crippen molar-refractivity contribution in [2.45, 2.75) is 6.18 Å². The number of alkyl halides is 3. The SMILES string of the molecule is O=C(NC(=S)Nc1ccc(C(F)(F)F)cc1)c1ccc(Cl)cc1. The number of anilines is 1. The van der Waals surface area contributed by atoms with E-state index in [4.69, 9.17) is 23.8 Å². The van der Waals surface area contributed by atoms with Crippen LogP contribution in [0.4, 0.5) is 18.9 Å². The summed E-state index contributed by atoms with van der Waals surface area (Å²) in [6.07, 6.45) is -4.40. The van der Waals surface area contributed by atoms with Gasteiger partial charge in [0, 0.05) is 16.3 Å². The molecule has 0 aromatic heterocycles. The molecule has 120 valence electrons. The minimum atomic E-state index is -4.40. The molecule has 2 N–H and O–H groups in total. The number of hydrogen-bond acceptors (Lipinski definition) is 2. The molecule has 2 rings (SSSR count). The van der Waals surface area contributed by atoms with Gasteiger partial charge in [-0.1, -0.05) is 11.6 Å². The average Bonchev–Trinajstić information content (AvgIpc) is 2.47. The van der Waals surface area contributed by atoms with Crippen molar-refractivity contribution in [1.82, 2.24) is 5.32 Å². The number of carbonyl (C=O) groups excluding carboxylic acids is 1. The molecule has 8 heteroatoms. The zero-order chi connectivity index (χ0) is 17.0. The van der Waals surface area contributed by atoms with E-state index >= 15 is 0 Å². The predicted molar refractivity (Wildman–Crippen MR) is 86.6 cm³/mol. The Morgan fingerprint density at radius 3 is 2.09 bits per heavy atom. The molecule has 0 bridgehead atoms. The van der Waals surface area contributed by atoms with Crippen LogP contribution in [0.3, 0.4) is 0 Å². The minimum Gasteiger partial charge on any atom is -0.332 e. The van der Waals surface area contributed by atoms with E-state index in [1.165, 1.54) is 24.3 Å². The topological polar surface area (TPSA) is 41.1 Å². The van der Waals surface area contributed by atoms with Crippen LogP contribution in [0.2, 0.25) is 5.02 Å². The maximum Gasteiger partial charge on any atom is 0.416 e. The van der Waals surface area contributed by atoms with E-state index in [-0.39, 0.29) is 5.11 Å². The van der Waals surface area contributed by atoms with Crippen molar-refractivity contribution in [3.8, 4) is 0 Å². The minimum absolute atomic E-state index is 0.0234. The number of thiocarbonyl (C=S) groups is 1. The van der Waals surface area contributed by atoms with Crippen LogP contribution in [-0.4, -0.2) is 11.0 Å². The summed E-state index contributed by atoms with van der Waals surface area (Å²) in [5, 5.41) is 5.53. The fraction of sp³-hybridized carbons (Fsp3) is 0.0667. The van der Waals surface area contributed by atoms with Crippen molar-refractivity contribution in [3.63, 3.8) is 0 Å². The van der Waals surface area contributed by atoms with Gasteiger partial charge in [-0.3, -0.25) is 10.1 Å². The third-order valence-corrected chi connectivity index (χ3v) is 3.26. The molecule has 0 radical (unpaired) electrons. The molecule has 0 fully saturated rings. The van der Waals surface area contributed by atoms with Gasteiger partial charge >= 0.3 is 6.18 Å². The molecule has 0 heterocycles. The molecular formula is C15H10ClF3N2OS. The van der Waals surface area contributed by atoms with Crippen LogP contribution in [0, 0.1) is 0 Å². The second-order valence-corrected chi connectivity index (χ2v) is 5.33. The Balaban J connectivity index is 1.96. The van der Waals surface area contributed by atoms with Crippen molar-refractivity contribution in [1.29, 1.82) is 0 Å². The van der Waals surface area contributed by atoms with E-state index in [2.05, 4.69) is 10.6 Å². The Hall–Kier alpha value is -2.12. The number of amides is 1. The van der Waals surface area contributed by atoms with Gasteiger partial charge in [0.1, 0.15) is 0 Å². The smallest absolute Gasteiger partial charge is 0.332 e. The number of benzene rings is 2. The lowest BCUT2D eigenvalue weighted by atomic mass is 10.2. The summed E-state index contributed by atoms with van der Waals surface area (Å²) >= 11 is 10.7. The molecular weight excluding hydrogens is 349 g/mol. The molecule has 2 aromatic rings. The quantitative estimate of drug-likeness (QED) is 0.777. The Bertz CT molecular complexity index is 715. The molecule has 0 unspecified atom stereocenters. The molecule has 1 amide bonds. The van der Waals surface area contributed by atoms with Crippen molar-refractivity contribution in [2.75, 3.05) is 5.32 Å². The first-order chi connectivity index (χ1) is 10.8. The predicted octanol–water partition coefficient (Wildman–Crippen LogP) is 4.49. The van der Waals surface area contributed by atoms with Crippen LogP contribution in [-0.2, 0) is 6.18 Å². The first-order valence-electron chi connectivity index (χ1n) is 6.31. The monoisotopic (exact) mass is 358 g/mol. The van der Waals surface area contributed by atoms with Crippen LogP contribution in [0.1, 0.15) is 15.9 Å². The van der Waals surface area contributed by atoms with Gasteiger partial charge < -0.3 is 5.32 Å². The summed E-state index contributed by atoms with van der Waals surface area (Å²) in [5.74, 6) is -0.453. The molecule has 0 aliphatic heterocycles. The highest BCUT2D eigenvalue weighted by atomic mass is 35.5. The Morgan fingerprint density at radius 2 is 1.57 bits per heavy atom. The summed E-state index contributed by atoms with van der Waals surface area (Å²) < 4.78 is 37.4. The normalized spacial score (nSPS) is 11.0. The average molecular weight is 359 g/mol. The van der Waals surface area contributed by atoms with Gasteiger partial charge in [0.2, 0.25) is 0 Å². The summed E-state index contributed by atoms with van der Waals surface area (Å²) in [6, 6.07) is 10.5.